The molecule has 0 aromatic heterocycles. The molecule has 0 radical (unpaired) electrons. The van der Waals surface area contributed by atoms with Crippen LogP contribution in [0.5, 0.6) is 0 Å². The summed E-state index contributed by atoms with van der Waals surface area (Å²) in [5, 5.41) is 0. The highest BCUT2D eigenvalue weighted by Gasteiger charge is 2.38. The molecule has 6 heteroatoms. The fraction of sp³-hybridized carbons (Fsp3) is 0.818. The van der Waals surface area contributed by atoms with Crippen LogP contribution < -0.4 is 0 Å². The first-order chi connectivity index (χ1) is 7.85. The summed E-state index contributed by atoms with van der Waals surface area (Å²) >= 11 is 0. The lowest BCUT2D eigenvalue weighted by molar-refractivity contribution is -0.175. The SMILES string of the molecule is CCC(C)C(=O)OCCOC(=O)C(F)(F)CC. The van der Waals surface area contributed by atoms with Crippen molar-refractivity contribution in [2.75, 3.05) is 13.2 Å². The highest BCUT2D eigenvalue weighted by Crippen LogP contribution is 2.19. The van der Waals surface area contributed by atoms with Gasteiger partial charge in [-0.05, 0) is 6.42 Å². The Labute approximate surface area is 99.3 Å². The zero-order chi connectivity index (χ0) is 13.5. The Kier molecular flexibility index (Phi) is 6.68. The summed E-state index contributed by atoms with van der Waals surface area (Å²) in [6.45, 7) is 4.16. The van der Waals surface area contributed by atoms with E-state index in [2.05, 4.69) is 4.74 Å². The molecule has 4 nitrogen and oxygen atoms in total. The van der Waals surface area contributed by atoms with E-state index in [9.17, 15) is 18.4 Å². The lowest BCUT2D eigenvalue weighted by atomic mass is 10.1. The van der Waals surface area contributed by atoms with Crippen molar-refractivity contribution in [2.45, 2.75) is 39.5 Å². The van der Waals surface area contributed by atoms with E-state index in [-0.39, 0.29) is 19.1 Å². The molecule has 0 aliphatic carbocycles. The van der Waals surface area contributed by atoms with Crippen molar-refractivity contribution in [3.63, 3.8) is 0 Å². The molecule has 0 spiro atoms. The van der Waals surface area contributed by atoms with Gasteiger partial charge in [0.1, 0.15) is 13.2 Å². The number of hydrogen-bond acceptors (Lipinski definition) is 4. The van der Waals surface area contributed by atoms with Gasteiger partial charge in [-0.1, -0.05) is 20.8 Å². The molecule has 0 saturated heterocycles. The van der Waals surface area contributed by atoms with E-state index in [1.54, 1.807) is 6.92 Å². The molecule has 0 saturated carbocycles. The molecule has 0 rings (SSSR count). The first-order valence-electron chi connectivity index (χ1n) is 5.56. The van der Waals surface area contributed by atoms with Crippen LogP contribution in [0.4, 0.5) is 8.78 Å². The maximum atomic E-state index is 12.7. The monoisotopic (exact) mass is 252 g/mol. The van der Waals surface area contributed by atoms with Gasteiger partial charge in [-0.3, -0.25) is 4.79 Å². The Morgan fingerprint density at radius 2 is 1.71 bits per heavy atom. The zero-order valence-electron chi connectivity index (χ0n) is 10.3. The molecule has 0 aliphatic heterocycles. The average Bonchev–Trinajstić information content (AvgIpc) is 2.32. The van der Waals surface area contributed by atoms with Gasteiger partial charge in [0.25, 0.3) is 0 Å². The Morgan fingerprint density at radius 1 is 1.18 bits per heavy atom. The molecule has 0 amide bonds. The Balaban J connectivity index is 3.79. The molecule has 0 aromatic carbocycles. The molecule has 1 atom stereocenters. The molecule has 0 N–H and O–H groups in total. The molecule has 0 heterocycles. The summed E-state index contributed by atoms with van der Waals surface area (Å²) in [6.07, 6.45) is 0.0189. The summed E-state index contributed by atoms with van der Waals surface area (Å²) in [5.74, 6) is -5.73. The minimum absolute atomic E-state index is 0.200. The van der Waals surface area contributed by atoms with Gasteiger partial charge in [0.15, 0.2) is 0 Å². The number of rotatable bonds is 7. The summed E-state index contributed by atoms with van der Waals surface area (Å²) < 4.78 is 34.5. The molecular weight excluding hydrogens is 234 g/mol. The van der Waals surface area contributed by atoms with Gasteiger partial charge in [0.05, 0.1) is 5.92 Å². The number of carbonyl (C=O) groups excluding carboxylic acids is 2. The number of hydrogen-bond donors (Lipinski definition) is 0. The van der Waals surface area contributed by atoms with Crippen molar-refractivity contribution in [2.24, 2.45) is 5.92 Å². The van der Waals surface area contributed by atoms with E-state index >= 15 is 0 Å². The quantitative estimate of drug-likeness (QED) is 0.514. The third-order valence-electron chi connectivity index (χ3n) is 2.32. The van der Waals surface area contributed by atoms with Gasteiger partial charge in [0.2, 0.25) is 0 Å². The maximum absolute atomic E-state index is 12.7. The molecule has 0 fully saturated rings. The predicted octanol–water partition coefficient (Wildman–Crippen LogP) is 2.16. The molecule has 100 valence electrons. The number of carbonyl (C=O) groups is 2. The molecule has 0 aromatic rings. The minimum Gasteiger partial charge on any atom is -0.462 e. The lowest BCUT2D eigenvalue weighted by Gasteiger charge is -2.13. The van der Waals surface area contributed by atoms with E-state index in [1.165, 1.54) is 6.92 Å². The van der Waals surface area contributed by atoms with Crippen molar-refractivity contribution in [1.82, 2.24) is 0 Å². The van der Waals surface area contributed by atoms with Crippen molar-refractivity contribution in [1.29, 1.82) is 0 Å². The maximum Gasteiger partial charge on any atom is 0.377 e. The number of alkyl halides is 2. The van der Waals surface area contributed by atoms with E-state index in [1.807, 2.05) is 6.92 Å². The van der Waals surface area contributed by atoms with E-state index in [0.717, 1.165) is 0 Å². The average molecular weight is 252 g/mol. The van der Waals surface area contributed by atoms with Gasteiger partial charge in [-0.2, -0.15) is 8.78 Å². The van der Waals surface area contributed by atoms with Crippen molar-refractivity contribution >= 4 is 11.9 Å². The molecule has 0 aliphatic rings. The fourth-order valence-electron chi connectivity index (χ4n) is 0.835. The molecule has 17 heavy (non-hydrogen) atoms. The van der Waals surface area contributed by atoms with Crippen LogP contribution in [0, 0.1) is 5.92 Å². The van der Waals surface area contributed by atoms with Crippen LogP contribution in [-0.4, -0.2) is 31.1 Å². The van der Waals surface area contributed by atoms with E-state index < -0.39 is 24.3 Å². The van der Waals surface area contributed by atoms with Gasteiger partial charge >= 0.3 is 17.9 Å². The topological polar surface area (TPSA) is 52.6 Å². The summed E-state index contributed by atoms with van der Waals surface area (Å²) in [6, 6.07) is 0. The Morgan fingerprint density at radius 3 is 2.18 bits per heavy atom. The highest BCUT2D eigenvalue weighted by molar-refractivity contribution is 5.77. The summed E-state index contributed by atoms with van der Waals surface area (Å²) in [5.41, 5.74) is 0. The van der Waals surface area contributed by atoms with Crippen molar-refractivity contribution in [3.05, 3.63) is 0 Å². The largest absolute Gasteiger partial charge is 0.462 e. The number of ether oxygens (including phenoxy) is 2. The minimum atomic E-state index is -3.47. The number of esters is 2. The first-order valence-corrected chi connectivity index (χ1v) is 5.56. The predicted molar refractivity (Wildman–Crippen MR) is 56.6 cm³/mol. The number of halogens is 2. The van der Waals surface area contributed by atoms with E-state index in [4.69, 9.17) is 4.74 Å². The van der Waals surface area contributed by atoms with E-state index in [0.29, 0.717) is 6.42 Å². The fourth-order valence-corrected chi connectivity index (χ4v) is 0.835. The smallest absolute Gasteiger partial charge is 0.377 e. The van der Waals surface area contributed by atoms with Gasteiger partial charge in [-0.15, -0.1) is 0 Å². The van der Waals surface area contributed by atoms with Crippen molar-refractivity contribution in [3.8, 4) is 0 Å². The van der Waals surface area contributed by atoms with Gasteiger partial charge in [0, 0.05) is 6.42 Å². The normalized spacial score (nSPS) is 13.0. The third-order valence-corrected chi connectivity index (χ3v) is 2.32. The molecular formula is C11H18F2O4. The van der Waals surface area contributed by atoms with Crippen LogP contribution in [-0.2, 0) is 19.1 Å². The van der Waals surface area contributed by atoms with Crippen LogP contribution >= 0.6 is 0 Å². The second kappa shape index (κ2) is 7.19. The van der Waals surface area contributed by atoms with Gasteiger partial charge in [-0.25, -0.2) is 4.79 Å². The second-order valence-corrected chi connectivity index (χ2v) is 3.67. The standard InChI is InChI=1S/C11H18F2O4/c1-4-8(3)9(14)16-6-7-17-10(15)11(12,13)5-2/h8H,4-7H2,1-3H3. The third kappa shape index (κ3) is 5.60. The van der Waals surface area contributed by atoms with Crippen LogP contribution in [0.2, 0.25) is 0 Å². The first kappa shape index (κ1) is 15.8. The zero-order valence-corrected chi connectivity index (χ0v) is 10.3. The van der Waals surface area contributed by atoms with Crippen LogP contribution in [0.15, 0.2) is 0 Å². The Hall–Kier alpha value is -1.20. The highest BCUT2D eigenvalue weighted by atomic mass is 19.3. The van der Waals surface area contributed by atoms with Crippen LogP contribution in [0.1, 0.15) is 33.6 Å². The van der Waals surface area contributed by atoms with Crippen LogP contribution in [0.3, 0.4) is 0 Å². The Bertz CT molecular complexity index is 266. The second-order valence-electron chi connectivity index (χ2n) is 3.67. The van der Waals surface area contributed by atoms with Gasteiger partial charge < -0.3 is 9.47 Å². The van der Waals surface area contributed by atoms with Crippen LogP contribution in [0.25, 0.3) is 0 Å². The lowest BCUT2D eigenvalue weighted by Crippen LogP contribution is -2.31. The molecule has 1 unspecified atom stereocenters. The molecule has 0 bridgehead atoms. The summed E-state index contributed by atoms with van der Waals surface area (Å²) in [7, 11) is 0. The van der Waals surface area contributed by atoms with Crippen molar-refractivity contribution < 1.29 is 27.8 Å². The summed E-state index contributed by atoms with van der Waals surface area (Å²) in [4.78, 5) is 22.0.